The van der Waals surface area contributed by atoms with Crippen molar-refractivity contribution in [3.8, 4) is 5.75 Å². The minimum absolute atomic E-state index is 0.219. The molecular formula is C19H27N3O2S. The summed E-state index contributed by atoms with van der Waals surface area (Å²) in [6, 6.07) is 6.10. The molecule has 1 aromatic carbocycles. The Hall–Kier alpha value is -1.95. The fourth-order valence-electron chi connectivity index (χ4n) is 2.41. The third-order valence-electron chi connectivity index (χ3n) is 3.74. The number of carbonyl (C=O) groups excluding carboxylic acids is 1. The Balaban J connectivity index is 2.03. The normalized spacial score (nSPS) is 12.5. The number of hydrogen-bond donors (Lipinski definition) is 1. The number of nitrogens with zero attached hydrogens (tertiary/aromatic N) is 2. The summed E-state index contributed by atoms with van der Waals surface area (Å²) >= 11 is 1.41. The molecule has 2 rings (SSSR count). The molecule has 0 fully saturated rings. The second-order valence-corrected chi connectivity index (χ2v) is 8.11. The van der Waals surface area contributed by atoms with Gasteiger partial charge in [-0.25, -0.2) is 0 Å². The summed E-state index contributed by atoms with van der Waals surface area (Å²) in [6.45, 7) is 12.2. The van der Waals surface area contributed by atoms with E-state index in [1.165, 1.54) is 11.3 Å². The molecule has 5 nitrogen and oxygen atoms in total. The van der Waals surface area contributed by atoms with E-state index in [1.807, 2.05) is 13.0 Å². The maximum Gasteiger partial charge on any atom is 0.266 e. The van der Waals surface area contributed by atoms with Crippen LogP contribution in [-0.2, 0) is 11.2 Å². The van der Waals surface area contributed by atoms with Crippen LogP contribution in [0.4, 0.5) is 5.13 Å². The van der Waals surface area contributed by atoms with Crippen LogP contribution in [0, 0.1) is 12.8 Å². The van der Waals surface area contributed by atoms with Gasteiger partial charge < -0.3 is 4.74 Å². The average molecular weight is 362 g/mol. The van der Waals surface area contributed by atoms with Crippen molar-refractivity contribution < 1.29 is 9.53 Å². The molecule has 25 heavy (non-hydrogen) atoms. The molecule has 0 aliphatic carbocycles. The van der Waals surface area contributed by atoms with E-state index in [0.717, 1.165) is 28.3 Å². The number of rotatable bonds is 7. The van der Waals surface area contributed by atoms with E-state index in [2.05, 4.69) is 55.3 Å². The third kappa shape index (κ3) is 5.53. The van der Waals surface area contributed by atoms with Crippen LogP contribution < -0.4 is 10.1 Å². The summed E-state index contributed by atoms with van der Waals surface area (Å²) in [5.41, 5.74) is 2.20. The molecule has 0 saturated carbocycles. The van der Waals surface area contributed by atoms with Crippen LogP contribution in [0.25, 0.3) is 0 Å². The van der Waals surface area contributed by atoms with Crippen LogP contribution in [0.1, 0.15) is 56.7 Å². The predicted molar refractivity (Wildman–Crippen MR) is 102 cm³/mol. The first-order valence-electron chi connectivity index (χ1n) is 8.66. The highest BCUT2D eigenvalue weighted by molar-refractivity contribution is 7.15. The van der Waals surface area contributed by atoms with E-state index in [1.54, 1.807) is 6.92 Å². The Bertz CT molecular complexity index is 725. The van der Waals surface area contributed by atoms with Crippen molar-refractivity contribution in [3.63, 3.8) is 0 Å². The summed E-state index contributed by atoms with van der Waals surface area (Å²) in [5.74, 6) is 1.38. The number of ether oxygens (including phenoxy) is 1. The van der Waals surface area contributed by atoms with E-state index in [-0.39, 0.29) is 5.91 Å². The van der Waals surface area contributed by atoms with Gasteiger partial charge in [-0.3, -0.25) is 10.1 Å². The fraction of sp³-hybridized carbons (Fsp3) is 0.526. The van der Waals surface area contributed by atoms with Crippen LogP contribution in [0.2, 0.25) is 0 Å². The van der Waals surface area contributed by atoms with Crippen LogP contribution in [0.15, 0.2) is 18.2 Å². The Morgan fingerprint density at radius 2 is 1.92 bits per heavy atom. The minimum Gasteiger partial charge on any atom is -0.481 e. The van der Waals surface area contributed by atoms with Gasteiger partial charge in [-0.1, -0.05) is 51.2 Å². The van der Waals surface area contributed by atoms with Gasteiger partial charge in [-0.05, 0) is 42.9 Å². The second kappa shape index (κ2) is 8.43. The number of nitrogens with one attached hydrogen (secondary N) is 1. The summed E-state index contributed by atoms with van der Waals surface area (Å²) in [7, 11) is 0. The first kappa shape index (κ1) is 19.4. The highest BCUT2D eigenvalue weighted by atomic mass is 32.1. The lowest BCUT2D eigenvalue weighted by atomic mass is 10.0. The Morgan fingerprint density at radius 1 is 1.20 bits per heavy atom. The van der Waals surface area contributed by atoms with Gasteiger partial charge in [0.15, 0.2) is 6.10 Å². The quantitative estimate of drug-likeness (QED) is 0.784. The molecule has 0 saturated heterocycles. The van der Waals surface area contributed by atoms with Crippen molar-refractivity contribution in [1.29, 1.82) is 0 Å². The van der Waals surface area contributed by atoms with Crippen molar-refractivity contribution in [2.75, 3.05) is 5.32 Å². The number of carbonyl (C=O) groups is 1. The lowest BCUT2D eigenvalue weighted by molar-refractivity contribution is -0.122. The largest absolute Gasteiger partial charge is 0.481 e. The average Bonchev–Trinajstić information content (AvgIpc) is 2.93. The summed E-state index contributed by atoms with van der Waals surface area (Å²) < 4.78 is 5.94. The molecular weight excluding hydrogens is 334 g/mol. The van der Waals surface area contributed by atoms with Crippen LogP contribution in [0.5, 0.6) is 5.75 Å². The van der Waals surface area contributed by atoms with Gasteiger partial charge in [0.1, 0.15) is 10.8 Å². The van der Waals surface area contributed by atoms with Gasteiger partial charge >= 0.3 is 0 Å². The lowest BCUT2D eigenvalue weighted by Gasteiger charge is -2.18. The molecule has 0 spiro atoms. The van der Waals surface area contributed by atoms with Crippen molar-refractivity contribution in [2.45, 2.75) is 60.0 Å². The van der Waals surface area contributed by atoms with Gasteiger partial charge in [0.2, 0.25) is 5.13 Å². The smallest absolute Gasteiger partial charge is 0.266 e. The van der Waals surface area contributed by atoms with Crippen molar-refractivity contribution in [1.82, 2.24) is 10.2 Å². The molecule has 1 unspecified atom stereocenters. The topological polar surface area (TPSA) is 64.1 Å². The SMILES string of the molecule is Cc1ccc(C(C)C)c(OC(C)C(=O)Nc2nnc(CC(C)C)s2)c1. The van der Waals surface area contributed by atoms with Gasteiger partial charge in [-0.15, -0.1) is 10.2 Å². The standard InChI is InChI=1S/C19H27N3O2S/c1-11(2)9-17-21-22-19(25-17)20-18(23)14(6)24-16-10-13(5)7-8-15(16)12(3)4/h7-8,10-12,14H,9H2,1-6H3,(H,20,22,23). The van der Waals surface area contributed by atoms with E-state index < -0.39 is 6.10 Å². The molecule has 0 aliphatic rings. The van der Waals surface area contributed by atoms with E-state index in [4.69, 9.17) is 4.74 Å². The first-order valence-corrected chi connectivity index (χ1v) is 9.48. The number of amides is 1. The Labute approximate surface area is 153 Å². The minimum atomic E-state index is -0.614. The Morgan fingerprint density at radius 3 is 2.56 bits per heavy atom. The Kier molecular flexibility index (Phi) is 6.53. The maximum atomic E-state index is 12.4. The summed E-state index contributed by atoms with van der Waals surface area (Å²) in [5, 5.41) is 12.4. The molecule has 1 atom stereocenters. The second-order valence-electron chi connectivity index (χ2n) is 7.04. The molecule has 136 valence electrons. The zero-order chi connectivity index (χ0) is 18.6. The first-order chi connectivity index (χ1) is 11.8. The van der Waals surface area contributed by atoms with Crippen molar-refractivity contribution in [3.05, 3.63) is 34.3 Å². The van der Waals surface area contributed by atoms with Gasteiger partial charge in [-0.2, -0.15) is 0 Å². The van der Waals surface area contributed by atoms with Crippen LogP contribution in [0.3, 0.4) is 0 Å². The lowest BCUT2D eigenvalue weighted by Crippen LogP contribution is -2.30. The van der Waals surface area contributed by atoms with Crippen LogP contribution >= 0.6 is 11.3 Å². The summed E-state index contributed by atoms with van der Waals surface area (Å²) in [4.78, 5) is 12.4. The summed E-state index contributed by atoms with van der Waals surface area (Å²) in [6.07, 6.45) is 0.248. The zero-order valence-corrected chi connectivity index (χ0v) is 16.6. The van der Waals surface area contributed by atoms with E-state index in [0.29, 0.717) is 17.0 Å². The molecule has 1 aromatic heterocycles. The molecule has 1 amide bonds. The molecule has 2 aromatic rings. The fourth-order valence-corrected chi connectivity index (χ4v) is 3.36. The zero-order valence-electron chi connectivity index (χ0n) is 15.8. The van der Waals surface area contributed by atoms with Gasteiger partial charge in [0.05, 0.1) is 0 Å². The highest BCUT2D eigenvalue weighted by Gasteiger charge is 2.19. The van der Waals surface area contributed by atoms with Gasteiger partial charge in [0.25, 0.3) is 5.91 Å². The molecule has 0 radical (unpaired) electrons. The molecule has 1 heterocycles. The van der Waals surface area contributed by atoms with Crippen molar-refractivity contribution in [2.24, 2.45) is 5.92 Å². The van der Waals surface area contributed by atoms with E-state index >= 15 is 0 Å². The van der Waals surface area contributed by atoms with Crippen molar-refractivity contribution >= 4 is 22.4 Å². The molecule has 6 heteroatoms. The van der Waals surface area contributed by atoms with E-state index in [9.17, 15) is 4.79 Å². The number of aryl methyl sites for hydroxylation is 1. The highest BCUT2D eigenvalue weighted by Crippen LogP contribution is 2.28. The molecule has 0 aliphatic heterocycles. The van der Waals surface area contributed by atoms with Gasteiger partial charge in [0, 0.05) is 6.42 Å². The number of hydrogen-bond acceptors (Lipinski definition) is 5. The third-order valence-corrected chi connectivity index (χ3v) is 4.60. The van der Waals surface area contributed by atoms with Crippen LogP contribution in [-0.4, -0.2) is 22.2 Å². The number of anilines is 1. The monoisotopic (exact) mass is 361 g/mol. The molecule has 0 bridgehead atoms. The number of aromatic nitrogens is 2. The predicted octanol–water partition coefficient (Wildman–Crippen LogP) is 4.57. The molecule has 1 N–H and O–H groups in total. The maximum absolute atomic E-state index is 12.4. The number of benzene rings is 1.